The molecule has 2 saturated heterocycles. The molecule has 9 heteroatoms. The zero-order valence-electron chi connectivity index (χ0n) is 17.3. The predicted octanol–water partition coefficient (Wildman–Crippen LogP) is 3.51. The Kier molecular flexibility index (Phi) is 6.89. The fourth-order valence-corrected chi connectivity index (χ4v) is 4.20. The zero-order valence-corrected chi connectivity index (χ0v) is 18.1. The number of nitrogens with one attached hydrogen (secondary N) is 2. The van der Waals surface area contributed by atoms with Gasteiger partial charge in [-0.2, -0.15) is 0 Å². The first-order valence-electron chi connectivity index (χ1n) is 10.3. The van der Waals surface area contributed by atoms with E-state index in [0.29, 0.717) is 41.0 Å². The predicted molar refractivity (Wildman–Crippen MR) is 116 cm³/mol. The Morgan fingerprint density at radius 2 is 2.13 bits per heavy atom. The van der Waals surface area contributed by atoms with Crippen molar-refractivity contribution in [1.82, 2.24) is 15.2 Å². The fraction of sp³-hybridized carbons (Fsp3) is 0.455. The van der Waals surface area contributed by atoms with Crippen LogP contribution in [-0.4, -0.2) is 61.9 Å². The van der Waals surface area contributed by atoms with Crippen LogP contribution in [-0.2, 0) is 4.74 Å². The van der Waals surface area contributed by atoms with Crippen molar-refractivity contribution >= 4 is 23.3 Å². The minimum Gasteiger partial charge on any atom is -0.495 e. The van der Waals surface area contributed by atoms with E-state index >= 15 is 0 Å². The number of rotatable bonds is 6. The SMILES string of the molecule is COc1cnc([C@@H]2CN(CC3COC3)CC[C@H]2NC(=O)Nc2ccc(Cl)cc2)c(F)c1. The summed E-state index contributed by atoms with van der Waals surface area (Å²) in [5, 5.41) is 6.42. The summed E-state index contributed by atoms with van der Waals surface area (Å²) in [5.41, 5.74) is 0.974. The monoisotopic (exact) mass is 448 g/mol. The standard InChI is InChI=1S/C22H26ClFN4O3/c1-30-17-8-19(24)21(25-9-17)18-11-28(10-14-12-31-13-14)7-6-20(18)27-22(29)26-16-4-2-15(23)3-5-16/h2-5,8-9,14,18,20H,6-7,10-13H2,1H3,(H2,26,27,29)/t18-,20-/m1/s1. The second kappa shape index (κ2) is 9.80. The van der Waals surface area contributed by atoms with Crippen LogP contribution in [0.2, 0.25) is 5.02 Å². The number of amides is 2. The molecule has 3 heterocycles. The summed E-state index contributed by atoms with van der Waals surface area (Å²) in [5.74, 6) is 0.164. The Morgan fingerprint density at radius 1 is 1.35 bits per heavy atom. The Labute approximate surface area is 185 Å². The molecule has 0 aliphatic carbocycles. The number of ether oxygens (including phenoxy) is 2. The van der Waals surface area contributed by atoms with E-state index in [-0.39, 0.29) is 18.0 Å². The number of carbonyl (C=O) groups is 1. The van der Waals surface area contributed by atoms with Crippen LogP contribution < -0.4 is 15.4 Å². The maximum atomic E-state index is 14.9. The number of nitrogens with zero attached hydrogens (tertiary/aromatic N) is 2. The normalized spacial score (nSPS) is 21.9. The molecule has 2 aliphatic rings. The van der Waals surface area contributed by atoms with Crippen LogP contribution in [0, 0.1) is 11.7 Å². The van der Waals surface area contributed by atoms with Crippen LogP contribution in [0.3, 0.4) is 0 Å². The van der Waals surface area contributed by atoms with E-state index in [1.165, 1.54) is 19.4 Å². The summed E-state index contributed by atoms with van der Waals surface area (Å²) in [6.45, 7) is 3.86. The van der Waals surface area contributed by atoms with Crippen molar-refractivity contribution in [3.8, 4) is 5.75 Å². The smallest absolute Gasteiger partial charge is 0.319 e. The first-order chi connectivity index (χ1) is 15.0. The average Bonchev–Trinajstić information content (AvgIpc) is 2.73. The highest BCUT2D eigenvalue weighted by atomic mass is 35.5. The fourth-order valence-electron chi connectivity index (χ4n) is 4.07. The number of anilines is 1. The third-order valence-corrected chi connectivity index (χ3v) is 6.02. The van der Waals surface area contributed by atoms with Gasteiger partial charge < -0.3 is 25.0 Å². The van der Waals surface area contributed by atoms with Crippen LogP contribution in [0.1, 0.15) is 18.0 Å². The highest BCUT2D eigenvalue weighted by Crippen LogP contribution is 2.30. The number of likely N-dealkylation sites (tertiary alicyclic amines) is 1. The number of halogens is 2. The Bertz CT molecular complexity index is 910. The molecule has 2 fully saturated rings. The lowest BCUT2D eigenvalue weighted by atomic mass is 9.88. The van der Waals surface area contributed by atoms with Crippen molar-refractivity contribution in [2.75, 3.05) is 45.3 Å². The van der Waals surface area contributed by atoms with Crippen LogP contribution in [0.25, 0.3) is 0 Å². The van der Waals surface area contributed by atoms with Gasteiger partial charge in [0.25, 0.3) is 0 Å². The molecule has 2 aromatic rings. The van der Waals surface area contributed by atoms with Gasteiger partial charge in [0.15, 0.2) is 0 Å². The van der Waals surface area contributed by atoms with Gasteiger partial charge in [0.2, 0.25) is 0 Å². The van der Waals surface area contributed by atoms with Crippen molar-refractivity contribution in [1.29, 1.82) is 0 Å². The van der Waals surface area contributed by atoms with Crippen LogP contribution in [0.5, 0.6) is 5.75 Å². The quantitative estimate of drug-likeness (QED) is 0.707. The summed E-state index contributed by atoms with van der Waals surface area (Å²) < 4.78 is 25.2. The second-order valence-corrected chi connectivity index (χ2v) is 8.45. The molecule has 0 saturated carbocycles. The van der Waals surface area contributed by atoms with Gasteiger partial charge in [-0.1, -0.05) is 11.6 Å². The average molecular weight is 449 g/mol. The summed E-state index contributed by atoms with van der Waals surface area (Å²) in [7, 11) is 1.48. The molecule has 0 radical (unpaired) electrons. The number of hydrogen-bond donors (Lipinski definition) is 2. The Hall–Kier alpha value is -2.42. The van der Waals surface area contributed by atoms with E-state index in [4.69, 9.17) is 21.1 Å². The molecule has 2 atom stereocenters. The second-order valence-electron chi connectivity index (χ2n) is 8.01. The van der Waals surface area contributed by atoms with E-state index in [2.05, 4.69) is 20.5 Å². The number of pyridine rings is 1. The van der Waals surface area contributed by atoms with Gasteiger partial charge in [0.05, 0.1) is 32.2 Å². The Morgan fingerprint density at radius 3 is 2.77 bits per heavy atom. The molecule has 0 bridgehead atoms. The maximum absolute atomic E-state index is 14.9. The molecule has 7 nitrogen and oxygen atoms in total. The summed E-state index contributed by atoms with van der Waals surface area (Å²) >= 11 is 5.90. The van der Waals surface area contributed by atoms with E-state index < -0.39 is 5.82 Å². The third kappa shape index (κ3) is 5.44. The third-order valence-electron chi connectivity index (χ3n) is 5.77. The van der Waals surface area contributed by atoms with Crippen molar-refractivity contribution in [3.63, 3.8) is 0 Å². The number of carbonyl (C=O) groups excluding carboxylic acids is 1. The molecule has 4 rings (SSSR count). The maximum Gasteiger partial charge on any atom is 0.319 e. The first-order valence-corrected chi connectivity index (χ1v) is 10.7. The lowest BCUT2D eigenvalue weighted by Gasteiger charge is -2.41. The van der Waals surface area contributed by atoms with E-state index in [9.17, 15) is 9.18 Å². The number of urea groups is 1. The highest BCUT2D eigenvalue weighted by molar-refractivity contribution is 6.30. The molecular weight excluding hydrogens is 423 g/mol. The topological polar surface area (TPSA) is 75.7 Å². The lowest BCUT2D eigenvalue weighted by molar-refractivity contribution is -0.0500. The van der Waals surface area contributed by atoms with Gasteiger partial charge in [0.1, 0.15) is 11.6 Å². The largest absolute Gasteiger partial charge is 0.495 e. The molecule has 1 aromatic carbocycles. The van der Waals surface area contributed by atoms with Gasteiger partial charge in [-0.15, -0.1) is 0 Å². The lowest BCUT2D eigenvalue weighted by Crippen LogP contribution is -2.53. The molecule has 2 aliphatic heterocycles. The van der Waals surface area contributed by atoms with Gasteiger partial charge >= 0.3 is 6.03 Å². The summed E-state index contributed by atoms with van der Waals surface area (Å²) in [6, 6.07) is 7.62. The van der Waals surface area contributed by atoms with Gasteiger partial charge in [-0.25, -0.2) is 9.18 Å². The van der Waals surface area contributed by atoms with E-state index in [0.717, 1.165) is 26.3 Å². The number of benzene rings is 1. The van der Waals surface area contributed by atoms with Crippen molar-refractivity contribution in [2.45, 2.75) is 18.4 Å². The van der Waals surface area contributed by atoms with Crippen molar-refractivity contribution in [3.05, 3.63) is 53.1 Å². The first kappa shape index (κ1) is 21.8. The molecular formula is C22H26ClFN4O3. The van der Waals surface area contributed by atoms with Gasteiger partial charge in [-0.3, -0.25) is 4.98 Å². The molecule has 1 aromatic heterocycles. The van der Waals surface area contributed by atoms with Gasteiger partial charge in [-0.05, 0) is 30.7 Å². The minimum atomic E-state index is -0.428. The number of piperidine rings is 1. The van der Waals surface area contributed by atoms with E-state index in [1.54, 1.807) is 24.3 Å². The van der Waals surface area contributed by atoms with Crippen LogP contribution >= 0.6 is 11.6 Å². The van der Waals surface area contributed by atoms with Crippen LogP contribution in [0.4, 0.5) is 14.9 Å². The molecule has 2 amide bonds. The zero-order chi connectivity index (χ0) is 21.8. The van der Waals surface area contributed by atoms with Crippen molar-refractivity contribution < 1.29 is 18.7 Å². The summed E-state index contributed by atoms with van der Waals surface area (Å²) in [4.78, 5) is 19.3. The molecule has 0 unspecified atom stereocenters. The molecule has 166 valence electrons. The highest BCUT2D eigenvalue weighted by Gasteiger charge is 2.35. The molecule has 31 heavy (non-hydrogen) atoms. The Balaban J connectivity index is 1.48. The summed E-state index contributed by atoms with van der Waals surface area (Å²) in [6.07, 6.45) is 2.21. The van der Waals surface area contributed by atoms with Crippen LogP contribution in [0.15, 0.2) is 36.5 Å². The minimum absolute atomic E-state index is 0.253. The van der Waals surface area contributed by atoms with Crippen molar-refractivity contribution in [2.24, 2.45) is 5.92 Å². The molecule has 2 N–H and O–H groups in total. The van der Waals surface area contributed by atoms with Gasteiger partial charge in [0, 0.05) is 54.3 Å². The number of aromatic nitrogens is 1. The van der Waals surface area contributed by atoms with E-state index in [1.807, 2.05) is 0 Å². The number of hydrogen-bond acceptors (Lipinski definition) is 5. The number of methoxy groups -OCH3 is 1. The molecule has 0 spiro atoms.